The zero-order chi connectivity index (χ0) is 20.4. The second-order valence-electron chi connectivity index (χ2n) is 7.77. The third kappa shape index (κ3) is 3.13. The van der Waals surface area contributed by atoms with Gasteiger partial charge in [-0.2, -0.15) is 0 Å². The SMILES string of the molecule is C/C(=C\c1occ2c1COC2)[PH](c1ccccc1)(c1ccccc1)c1ccccc1. The van der Waals surface area contributed by atoms with Gasteiger partial charge in [-0.05, 0) is 0 Å². The van der Waals surface area contributed by atoms with E-state index in [9.17, 15) is 0 Å². The van der Waals surface area contributed by atoms with Crippen LogP contribution in [0.3, 0.4) is 0 Å². The van der Waals surface area contributed by atoms with E-state index in [1.807, 2.05) is 6.26 Å². The van der Waals surface area contributed by atoms with E-state index in [0.29, 0.717) is 13.2 Å². The van der Waals surface area contributed by atoms with Crippen molar-refractivity contribution < 1.29 is 9.15 Å². The van der Waals surface area contributed by atoms with Crippen LogP contribution in [0.15, 0.2) is 107 Å². The van der Waals surface area contributed by atoms with Gasteiger partial charge in [0.05, 0.1) is 0 Å². The van der Waals surface area contributed by atoms with E-state index in [4.69, 9.17) is 9.15 Å². The molecule has 0 N–H and O–H groups in total. The van der Waals surface area contributed by atoms with E-state index in [1.54, 1.807) is 0 Å². The Bertz CT molecular complexity index is 1060. The Hall–Kier alpha value is -2.93. The fourth-order valence-electron chi connectivity index (χ4n) is 4.66. The molecule has 0 amide bonds. The molecule has 2 nitrogen and oxygen atoms in total. The summed E-state index contributed by atoms with van der Waals surface area (Å²) in [5.74, 6) is 0.930. The number of rotatable bonds is 5. The molecule has 1 aliphatic heterocycles. The Kier molecular flexibility index (Phi) is 5.12. The van der Waals surface area contributed by atoms with Crippen molar-refractivity contribution in [2.24, 2.45) is 0 Å². The Morgan fingerprint density at radius 2 is 1.23 bits per heavy atom. The quantitative estimate of drug-likeness (QED) is 0.410. The van der Waals surface area contributed by atoms with Crippen molar-refractivity contribution in [3.63, 3.8) is 0 Å². The molecule has 0 saturated carbocycles. The summed E-state index contributed by atoms with van der Waals surface area (Å²) in [7, 11) is -2.46. The summed E-state index contributed by atoms with van der Waals surface area (Å²) in [6.45, 7) is 3.54. The summed E-state index contributed by atoms with van der Waals surface area (Å²) in [5.41, 5.74) is 2.35. The van der Waals surface area contributed by atoms with Crippen LogP contribution in [0.1, 0.15) is 23.8 Å². The summed E-state index contributed by atoms with van der Waals surface area (Å²) < 4.78 is 11.6. The van der Waals surface area contributed by atoms with Gasteiger partial charge in [-0.15, -0.1) is 0 Å². The molecule has 0 unspecified atom stereocenters. The van der Waals surface area contributed by atoms with Gasteiger partial charge in [-0.1, -0.05) is 0 Å². The molecular weight excluding hydrogens is 387 g/mol. The molecule has 1 aromatic heterocycles. The number of fused-ring (bicyclic) bond motifs is 1. The molecule has 2 heterocycles. The molecule has 0 aliphatic carbocycles. The topological polar surface area (TPSA) is 22.4 Å². The zero-order valence-corrected chi connectivity index (χ0v) is 18.0. The first kappa shape index (κ1) is 19.1. The zero-order valence-electron chi connectivity index (χ0n) is 17.0. The second-order valence-corrected chi connectivity index (χ2v) is 11.8. The summed E-state index contributed by atoms with van der Waals surface area (Å²) in [5, 5.41) is 5.46. The molecule has 0 fully saturated rings. The van der Waals surface area contributed by atoms with E-state index >= 15 is 0 Å². The molecule has 150 valence electrons. The standard InChI is InChI=1S/C27H25O2P/c1-21(17-27-26-20-28-18-22(26)19-29-27)30(23-11-5-2-6-12-23,24-13-7-3-8-14-24)25-15-9-4-10-16-25/h2-17,19,30H,18,20H2,1H3/b21-17+. The van der Waals surface area contributed by atoms with Crippen molar-refractivity contribution in [1.29, 1.82) is 0 Å². The molecular formula is C27H25O2P. The van der Waals surface area contributed by atoms with Crippen molar-refractivity contribution in [3.8, 4) is 0 Å². The monoisotopic (exact) mass is 412 g/mol. The minimum atomic E-state index is -2.46. The van der Waals surface area contributed by atoms with Crippen LogP contribution >= 0.6 is 7.26 Å². The molecule has 3 aromatic carbocycles. The van der Waals surface area contributed by atoms with Gasteiger partial charge in [0.1, 0.15) is 0 Å². The Morgan fingerprint density at radius 1 is 0.733 bits per heavy atom. The van der Waals surface area contributed by atoms with Crippen LogP contribution in [-0.2, 0) is 18.0 Å². The average molecular weight is 412 g/mol. The number of benzene rings is 3. The third-order valence-electron chi connectivity index (χ3n) is 6.08. The Balaban J connectivity index is 1.80. The van der Waals surface area contributed by atoms with Crippen LogP contribution in [0.25, 0.3) is 6.08 Å². The van der Waals surface area contributed by atoms with Gasteiger partial charge in [0.25, 0.3) is 0 Å². The van der Waals surface area contributed by atoms with Crippen molar-refractivity contribution in [1.82, 2.24) is 0 Å². The second kappa shape index (κ2) is 8.07. The van der Waals surface area contributed by atoms with Gasteiger partial charge in [0.15, 0.2) is 0 Å². The first-order valence-electron chi connectivity index (χ1n) is 10.3. The predicted octanol–water partition coefficient (Wildman–Crippen LogP) is 5.40. The first-order valence-corrected chi connectivity index (χ1v) is 12.3. The van der Waals surface area contributed by atoms with Gasteiger partial charge >= 0.3 is 178 Å². The van der Waals surface area contributed by atoms with Gasteiger partial charge in [0, 0.05) is 0 Å². The molecule has 0 spiro atoms. The fraction of sp³-hybridized carbons (Fsp3) is 0.111. The van der Waals surface area contributed by atoms with Crippen LogP contribution in [0, 0.1) is 0 Å². The maximum absolute atomic E-state index is 5.98. The number of furan rings is 1. The van der Waals surface area contributed by atoms with Crippen LogP contribution in [0.5, 0.6) is 0 Å². The molecule has 0 atom stereocenters. The van der Waals surface area contributed by atoms with E-state index in [0.717, 1.165) is 5.76 Å². The molecule has 0 radical (unpaired) electrons. The minimum absolute atomic E-state index is 0.627. The molecule has 30 heavy (non-hydrogen) atoms. The fourth-order valence-corrected chi connectivity index (χ4v) is 9.45. The normalized spacial score (nSPS) is 14.5. The molecule has 5 rings (SSSR count). The average Bonchev–Trinajstić information content (AvgIpc) is 3.42. The van der Waals surface area contributed by atoms with E-state index in [-0.39, 0.29) is 0 Å². The predicted molar refractivity (Wildman–Crippen MR) is 127 cm³/mol. The van der Waals surface area contributed by atoms with Gasteiger partial charge < -0.3 is 0 Å². The van der Waals surface area contributed by atoms with Crippen molar-refractivity contribution in [2.45, 2.75) is 20.1 Å². The van der Waals surface area contributed by atoms with Crippen molar-refractivity contribution in [2.75, 3.05) is 0 Å². The molecule has 1 aliphatic rings. The van der Waals surface area contributed by atoms with E-state index < -0.39 is 7.26 Å². The third-order valence-corrected chi connectivity index (χ3v) is 11.0. The van der Waals surface area contributed by atoms with E-state index in [1.165, 1.54) is 32.4 Å². The summed E-state index contributed by atoms with van der Waals surface area (Å²) >= 11 is 0. The Morgan fingerprint density at radius 3 is 1.73 bits per heavy atom. The number of hydrogen-bond donors (Lipinski definition) is 0. The summed E-state index contributed by atoms with van der Waals surface area (Å²) in [6, 6.07) is 32.8. The first-order chi connectivity index (χ1) is 14.8. The van der Waals surface area contributed by atoms with E-state index in [2.05, 4.69) is 104 Å². The Labute approximate surface area is 178 Å². The molecule has 0 bridgehead atoms. The van der Waals surface area contributed by atoms with Crippen LogP contribution < -0.4 is 15.9 Å². The van der Waals surface area contributed by atoms with Crippen LogP contribution in [0.4, 0.5) is 0 Å². The molecule has 4 aromatic rings. The summed E-state index contributed by atoms with van der Waals surface area (Å²) in [4.78, 5) is 0. The van der Waals surface area contributed by atoms with Crippen LogP contribution in [0.2, 0.25) is 0 Å². The van der Waals surface area contributed by atoms with Gasteiger partial charge in [-0.3, -0.25) is 0 Å². The molecule has 3 heteroatoms. The van der Waals surface area contributed by atoms with Crippen LogP contribution in [-0.4, -0.2) is 0 Å². The van der Waals surface area contributed by atoms with Gasteiger partial charge in [0.2, 0.25) is 0 Å². The number of ether oxygens (including phenoxy) is 1. The maximum atomic E-state index is 5.98. The summed E-state index contributed by atoms with van der Waals surface area (Å²) in [6.07, 6.45) is 4.10. The molecule has 0 saturated heterocycles. The van der Waals surface area contributed by atoms with Crippen molar-refractivity contribution in [3.05, 3.63) is 119 Å². The van der Waals surface area contributed by atoms with Gasteiger partial charge in [-0.25, -0.2) is 0 Å². The van der Waals surface area contributed by atoms with Crippen molar-refractivity contribution >= 4 is 29.3 Å². The number of hydrogen-bond acceptors (Lipinski definition) is 2. The number of allylic oxidation sites excluding steroid dienone is 1.